The van der Waals surface area contributed by atoms with Crippen molar-refractivity contribution in [2.75, 3.05) is 6.61 Å². The van der Waals surface area contributed by atoms with Gasteiger partial charge in [0, 0.05) is 29.3 Å². The zero-order valence-corrected chi connectivity index (χ0v) is 20.4. The maximum absolute atomic E-state index is 13.8. The number of ketones is 1. The van der Waals surface area contributed by atoms with E-state index < -0.39 is 11.6 Å². The molecule has 0 bridgehead atoms. The van der Waals surface area contributed by atoms with Crippen LogP contribution in [-0.4, -0.2) is 23.6 Å². The Hall–Kier alpha value is -1.98. The van der Waals surface area contributed by atoms with Crippen LogP contribution in [0.25, 0.3) is 0 Å². The Bertz CT molecular complexity index is 817. The van der Waals surface area contributed by atoms with Crippen LogP contribution in [0.1, 0.15) is 70.4 Å². The van der Waals surface area contributed by atoms with E-state index in [0.29, 0.717) is 31.4 Å². The second-order valence-corrected chi connectivity index (χ2v) is 8.22. The number of ether oxygens (including phenoxy) is 1. The van der Waals surface area contributed by atoms with Crippen molar-refractivity contribution in [1.29, 1.82) is 0 Å². The minimum Gasteiger partial charge on any atom is -0.490 e. The van der Waals surface area contributed by atoms with Crippen molar-refractivity contribution >= 4 is 17.4 Å². The summed E-state index contributed by atoms with van der Waals surface area (Å²) < 4.78 is 32.6. The number of hydrogen-bond acceptors (Lipinski definition) is 3. The summed E-state index contributed by atoms with van der Waals surface area (Å²) in [5.41, 5.74) is 1.57. The maximum atomic E-state index is 13.8. The summed E-state index contributed by atoms with van der Waals surface area (Å²) in [6.07, 6.45) is 2.21. The normalized spacial score (nSPS) is 19.2. The van der Waals surface area contributed by atoms with Crippen molar-refractivity contribution in [3.05, 3.63) is 64.2 Å². The predicted octanol–water partition coefficient (Wildman–Crippen LogP) is 7.26. The van der Waals surface area contributed by atoms with E-state index >= 15 is 0 Å². The first-order valence-electron chi connectivity index (χ1n) is 11.3. The van der Waals surface area contributed by atoms with Crippen molar-refractivity contribution in [2.24, 2.45) is 5.92 Å². The molecule has 1 heterocycles. The Kier molecular flexibility index (Phi) is 12.5. The van der Waals surface area contributed by atoms with E-state index in [1.54, 1.807) is 6.92 Å². The quantitative estimate of drug-likeness (QED) is 0.479. The molecule has 1 N–H and O–H groups in total. The SMILES string of the molecule is CC.CCC(C)O.Cc1ccc(Cl)cc1.O=C1CCC2c3c(F)ccc(F)c3OCC2C1. The molecule has 0 amide bonds. The van der Waals surface area contributed by atoms with Crippen LogP contribution in [0.3, 0.4) is 0 Å². The van der Waals surface area contributed by atoms with Gasteiger partial charge in [0.1, 0.15) is 11.6 Å². The molecule has 4 rings (SSSR count). The molecule has 1 aliphatic carbocycles. The zero-order valence-electron chi connectivity index (χ0n) is 19.6. The van der Waals surface area contributed by atoms with Crippen LogP contribution >= 0.6 is 11.6 Å². The molecule has 3 atom stereocenters. The Morgan fingerprint density at radius 2 is 1.69 bits per heavy atom. The van der Waals surface area contributed by atoms with E-state index in [4.69, 9.17) is 21.4 Å². The highest BCUT2D eigenvalue weighted by atomic mass is 35.5. The average molecular weight is 469 g/mol. The highest BCUT2D eigenvalue weighted by Crippen LogP contribution is 2.46. The number of aliphatic hydroxyl groups is 1. The van der Waals surface area contributed by atoms with Crippen LogP contribution in [0.5, 0.6) is 5.75 Å². The lowest BCUT2D eigenvalue weighted by Gasteiger charge is -2.36. The van der Waals surface area contributed by atoms with E-state index in [-0.39, 0.29) is 29.5 Å². The van der Waals surface area contributed by atoms with Gasteiger partial charge in [0.25, 0.3) is 0 Å². The minimum atomic E-state index is -0.517. The van der Waals surface area contributed by atoms with E-state index in [1.807, 2.05) is 52.0 Å². The number of aryl methyl sites for hydroxylation is 1. The van der Waals surface area contributed by atoms with Crippen molar-refractivity contribution < 1.29 is 23.4 Å². The molecular formula is C26H35ClF2O3. The molecule has 178 valence electrons. The largest absolute Gasteiger partial charge is 0.490 e. The Morgan fingerprint density at radius 3 is 2.22 bits per heavy atom. The van der Waals surface area contributed by atoms with Crippen molar-refractivity contribution in [3.8, 4) is 5.75 Å². The standard InChI is InChI=1S/C13H12F2O2.C7H7Cl.C4H10O.C2H6/c14-10-3-4-11(15)13-12(10)9-2-1-8(16)5-7(9)6-17-13;1-6-2-4-7(8)5-3-6;1-3-4(2)5;1-2/h3-4,7,9H,1-2,5-6H2;2-5H,1H3;4-5H,3H2,1-2H3;1-2H3. The molecule has 2 aromatic carbocycles. The molecular weight excluding hydrogens is 434 g/mol. The second kappa shape index (κ2) is 14.2. The predicted molar refractivity (Wildman–Crippen MR) is 126 cm³/mol. The van der Waals surface area contributed by atoms with Crippen molar-refractivity contribution in [3.63, 3.8) is 0 Å². The minimum absolute atomic E-state index is 0.0000463. The van der Waals surface area contributed by atoms with Gasteiger partial charge in [-0.05, 0) is 56.9 Å². The summed E-state index contributed by atoms with van der Waals surface area (Å²) in [7, 11) is 0. The maximum Gasteiger partial charge on any atom is 0.165 e. The molecule has 0 saturated heterocycles. The van der Waals surface area contributed by atoms with Gasteiger partial charge in [0.05, 0.1) is 12.7 Å². The third-order valence-corrected chi connectivity index (χ3v) is 5.55. The van der Waals surface area contributed by atoms with E-state index in [9.17, 15) is 13.6 Å². The number of Topliss-reactive ketones (excluding diaryl/α,β-unsaturated/α-hetero) is 1. The number of aliphatic hydroxyl groups excluding tert-OH is 1. The van der Waals surface area contributed by atoms with E-state index in [1.165, 1.54) is 5.56 Å². The fourth-order valence-electron chi connectivity index (χ4n) is 3.41. The van der Waals surface area contributed by atoms with Gasteiger partial charge in [0.15, 0.2) is 11.6 Å². The van der Waals surface area contributed by atoms with Crippen LogP contribution in [0, 0.1) is 24.5 Å². The molecule has 0 spiro atoms. The summed E-state index contributed by atoms with van der Waals surface area (Å²) in [4.78, 5) is 11.4. The molecule has 0 aromatic heterocycles. The first-order valence-corrected chi connectivity index (χ1v) is 11.6. The van der Waals surface area contributed by atoms with Gasteiger partial charge in [-0.2, -0.15) is 0 Å². The highest BCUT2D eigenvalue weighted by molar-refractivity contribution is 6.30. The number of rotatable bonds is 1. The number of carbonyl (C=O) groups is 1. The summed E-state index contributed by atoms with van der Waals surface area (Å²) in [6, 6.07) is 9.97. The van der Waals surface area contributed by atoms with Gasteiger partial charge >= 0.3 is 0 Å². The van der Waals surface area contributed by atoms with Crippen LogP contribution in [0.2, 0.25) is 5.02 Å². The number of fused-ring (bicyclic) bond motifs is 3. The molecule has 2 aromatic rings. The number of benzene rings is 2. The summed E-state index contributed by atoms with van der Waals surface area (Å²) >= 11 is 5.61. The van der Waals surface area contributed by atoms with Crippen LogP contribution < -0.4 is 4.74 Å². The van der Waals surface area contributed by atoms with Crippen LogP contribution in [0.15, 0.2) is 36.4 Å². The first kappa shape index (κ1) is 28.1. The van der Waals surface area contributed by atoms with Crippen molar-refractivity contribution in [1.82, 2.24) is 0 Å². The molecule has 0 radical (unpaired) electrons. The average Bonchev–Trinajstić information content (AvgIpc) is 2.80. The smallest absolute Gasteiger partial charge is 0.165 e. The Balaban J connectivity index is 0.000000285. The third kappa shape index (κ3) is 8.51. The van der Waals surface area contributed by atoms with Gasteiger partial charge in [-0.3, -0.25) is 4.79 Å². The lowest BCUT2D eigenvalue weighted by Crippen LogP contribution is -2.33. The second-order valence-electron chi connectivity index (χ2n) is 7.78. The fraction of sp³-hybridized carbons (Fsp3) is 0.500. The van der Waals surface area contributed by atoms with Gasteiger partial charge in [-0.1, -0.05) is 50.1 Å². The van der Waals surface area contributed by atoms with Crippen molar-refractivity contribution in [2.45, 2.75) is 72.3 Å². The van der Waals surface area contributed by atoms with Crippen LogP contribution in [0.4, 0.5) is 8.78 Å². The summed E-state index contributed by atoms with van der Waals surface area (Å²) in [5.74, 6) is -0.787. The molecule has 1 saturated carbocycles. The fourth-order valence-corrected chi connectivity index (χ4v) is 3.53. The van der Waals surface area contributed by atoms with Gasteiger partial charge < -0.3 is 9.84 Å². The monoisotopic (exact) mass is 468 g/mol. The topological polar surface area (TPSA) is 46.5 Å². The molecule has 6 heteroatoms. The van der Waals surface area contributed by atoms with Gasteiger partial charge in [-0.15, -0.1) is 0 Å². The lowest BCUT2D eigenvalue weighted by atomic mass is 9.73. The number of carbonyl (C=O) groups excluding carboxylic acids is 1. The summed E-state index contributed by atoms with van der Waals surface area (Å²) in [6.45, 7) is 10.1. The lowest BCUT2D eigenvalue weighted by molar-refractivity contribution is -0.122. The van der Waals surface area contributed by atoms with Gasteiger partial charge in [0.2, 0.25) is 0 Å². The molecule has 32 heavy (non-hydrogen) atoms. The molecule has 3 nitrogen and oxygen atoms in total. The van der Waals surface area contributed by atoms with E-state index in [2.05, 4.69) is 0 Å². The van der Waals surface area contributed by atoms with Gasteiger partial charge in [-0.25, -0.2) is 8.78 Å². The molecule has 2 aliphatic rings. The number of halogens is 3. The van der Waals surface area contributed by atoms with E-state index in [0.717, 1.165) is 23.6 Å². The summed E-state index contributed by atoms with van der Waals surface area (Å²) in [5, 5.41) is 9.16. The Morgan fingerprint density at radius 1 is 1.12 bits per heavy atom. The molecule has 1 aliphatic heterocycles. The first-order chi connectivity index (χ1) is 15.2. The highest BCUT2D eigenvalue weighted by Gasteiger charge is 2.38. The third-order valence-electron chi connectivity index (χ3n) is 5.30. The Labute approximate surface area is 195 Å². The van der Waals surface area contributed by atoms with Crippen LogP contribution in [-0.2, 0) is 4.79 Å². The molecule has 3 unspecified atom stereocenters. The number of hydrogen-bond donors (Lipinski definition) is 1. The molecule has 1 fully saturated rings. The zero-order chi connectivity index (χ0) is 24.3.